The van der Waals surface area contributed by atoms with Crippen LogP contribution in [0.2, 0.25) is 0 Å². The van der Waals surface area contributed by atoms with Gasteiger partial charge in [-0.05, 0) is 55.9 Å². The number of rotatable bonds is 6. The first-order valence-electron chi connectivity index (χ1n) is 11.4. The van der Waals surface area contributed by atoms with Crippen molar-refractivity contribution in [1.29, 1.82) is 0 Å². The normalized spacial score (nSPS) is 14.9. The Labute approximate surface area is 205 Å². The lowest BCUT2D eigenvalue weighted by atomic mass is 10.2. The molecule has 5 rings (SSSR count). The standard InChI is InChI=1S/C24H24F3N7O2/c1-16-30-22(23-29-14-20(35-23)18-3-5-19(6-4-18)36-24(25,26)27)31-34(16)15-17-7-8-28-21(13-17)33-11-9-32(2)10-12-33/h3-8,13-14H,9-12,15H2,1-2H3. The second kappa shape index (κ2) is 9.61. The van der Waals surface area contributed by atoms with Gasteiger partial charge in [0.2, 0.25) is 5.82 Å². The van der Waals surface area contributed by atoms with Gasteiger partial charge in [-0.2, -0.15) is 0 Å². The molecule has 3 aromatic heterocycles. The Hall–Kier alpha value is -3.93. The zero-order valence-corrected chi connectivity index (χ0v) is 19.7. The van der Waals surface area contributed by atoms with Gasteiger partial charge < -0.3 is 19.0 Å². The molecular weight excluding hydrogens is 475 g/mol. The van der Waals surface area contributed by atoms with E-state index in [1.165, 1.54) is 30.5 Å². The summed E-state index contributed by atoms with van der Waals surface area (Å²) < 4.78 is 48.6. The molecule has 1 aliphatic heterocycles. The maximum absolute atomic E-state index is 12.4. The van der Waals surface area contributed by atoms with Crippen LogP contribution in [0.15, 0.2) is 53.2 Å². The van der Waals surface area contributed by atoms with E-state index in [2.05, 4.69) is 47.7 Å². The van der Waals surface area contributed by atoms with Crippen LogP contribution in [0.4, 0.5) is 19.0 Å². The number of alkyl halides is 3. The molecule has 0 saturated carbocycles. The smallest absolute Gasteiger partial charge is 0.434 e. The molecule has 0 amide bonds. The van der Waals surface area contributed by atoms with Crippen molar-refractivity contribution < 1.29 is 22.3 Å². The van der Waals surface area contributed by atoms with Gasteiger partial charge in [0.25, 0.3) is 5.89 Å². The maximum Gasteiger partial charge on any atom is 0.573 e. The van der Waals surface area contributed by atoms with Gasteiger partial charge in [-0.15, -0.1) is 18.3 Å². The molecule has 1 saturated heterocycles. The number of piperazine rings is 1. The van der Waals surface area contributed by atoms with E-state index < -0.39 is 6.36 Å². The summed E-state index contributed by atoms with van der Waals surface area (Å²) in [5.74, 6) is 2.25. The lowest BCUT2D eigenvalue weighted by Gasteiger charge is -2.33. The number of oxazole rings is 1. The molecule has 9 nitrogen and oxygen atoms in total. The molecule has 0 aliphatic carbocycles. The Morgan fingerprint density at radius 3 is 2.50 bits per heavy atom. The molecule has 0 spiro atoms. The Kier molecular flexibility index (Phi) is 6.35. The molecule has 0 bridgehead atoms. The van der Waals surface area contributed by atoms with Crippen LogP contribution in [0.1, 0.15) is 11.4 Å². The van der Waals surface area contributed by atoms with Crippen LogP contribution in [0.3, 0.4) is 0 Å². The Morgan fingerprint density at radius 1 is 1.03 bits per heavy atom. The topological polar surface area (TPSA) is 85.3 Å². The predicted octanol–water partition coefficient (Wildman–Crippen LogP) is 4.00. The number of hydrogen-bond donors (Lipinski definition) is 0. The van der Waals surface area contributed by atoms with E-state index in [0.717, 1.165) is 37.6 Å². The maximum atomic E-state index is 12.4. The summed E-state index contributed by atoms with van der Waals surface area (Å²) in [6.45, 7) is 6.23. The molecule has 1 aromatic carbocycles. The summed E-state index contributed by atoms with van der Waals surface area (Å²) in [7, 11) is 2.12. The van der Waals surface area contributed by atoms with E-state index in [1.807, 2.05) is 19.2 Å². The van der Waals surface area contributed by atoms with Crippen LogP contribution in [0, 0.1) is 6.92 Å². The summed E-state index contributed by atoms with van der Waals surface area (Å²) in [5, 5.41) is 4.55. The van der Waals surface area contributed by atoms with E-state index in [9.17, 15) is 13.2 Å². The van der Waals surface area contributed by atoms with Crippen molar-refractivity contribution in [3.05, 3.63) is 60.2 Å². The summed E-state index contributed by atoms with van der Waals surface area (Å²) in [6, 6.07) is 9.38. The monoisotopic (exact) mass is 499 g/mol. The van der Waals surface area contributed by atoms with Crippen molar-refractivity contribution >= 4 is 5.82 Å². The molecule has 188 valence electrons. The number of pyridine rings is 1. The van der Waals surface area contributed by atoms with Gasteiger partial charge in [0, 0.05) is 37.9 Å². The van der Waals surface area contributed by atoms with Crippen LogP contribution in [-0.4, -0.2) is 69.2 Å². The van der Waals surface area contributed by atoms with E-state index in [0.29, 0.717) is 29.5 Å². The van der Waals surface area contributed by atoms with Gasteiger partial charge in [-0.1, -0.05) is 0 Å². The summed E-state index contributed by atoms with van der Waals surface area (Å²) in [5.41, 5.74) is 1.60. The summed E-state index contributed by atoms with van der Waals surface area (Å²) in [6.07, 6.45) is -1.45. The van der Waals surface area contributed by atoms with Crippen LogP contribution >= 0.6 is 0 Å². The number of nitrogens with zero attached hydrogens (tertiary/aromatic N) is 7. The minimum atomic E-state index is -4.74. The number of halogens is 3. The Bertz CT molecular complexity index is 1330. The van der Waals surface area contributed by atoms with Gasteiger partial charge >= 0.3 is 6.36 Å². The van der Waals surface area contributed by atoms with Crippen molar-refractivity contribution in [3.63, 3.8) is 0 Å². The largest absolute Gasteiger partial charge is 0.573 e. The first kappa shape index (κ1) is 23.8. The minimum absolute atomic E-state index is 0.218. The highest BCUT2D eigenvalue weighted by Crippen LogP contribution is 2.28. The molecule has 0 unspecified atom stereocenters. The number of likely N-dealkylation sites (N-methyl/N-ethyl adjacent to an activating group) is 1. The van der Waals surface area contributed by atoms with Crippen LogP contribution in [0.5, 0.6) is 5.75 Å². The molecule has 4 aromatic rings. The fourth-order valence-corrected chi connectivity index (χ4v) is 3.93. The first-order valence-corrected chi connectivity index (χ1v) is 11.4. The predicted molar refractivity (Wildman–Crippen MR) is 125 cm³/mol. The molecule has 0 N–H and O–H groups in total. The van der Waals surface area contributed by atoms with E-state index >= 15 is 0 Å². The van der Waals surface area contributed by atoms with Crippen molar-refractivity contribution in [1.82, 2.24) is 29.6 Å². The third-order valence-electron chi connectivity index (χ3n) is 5.90. The van der Waals surface area contributed by atoms with E-state index in [1.54, 1.807) is 4.68 Å². The molecular formula is C24H24F3N7O2. The molecule has 0 radical (unpaired) electrons. The molecule has 4 heterocycles. The summed E-state index contributed by atoms with van der Waals surface area (Å²) >= 11 is 0. The van der Waals surface area contributed by atoms with Gasteiger partial charge in [0.15, 0.2) is 5.76 Å². The van der Waals surface area contributed by atoms with Crippen molar-refractivity contribution in [2.75, 3.05) is 38.1 Å². The fraction of sp³-hybridized carbons (Fsp3) is 0.333. The molecule has 0 atom stereocenters. The zero-order chi connectivity index (χ0) is 25.3. The van der Waals surface area contributed by atoms with Gasteiger partial charge in [0.1, 0.15) is 17.4 Å². The van der Waals surface area contributed by atoms with E-state index in [-0.39, 0.29) is 11.6 Å². The lowest BCUT2D eigenvalue weighted by Crippen LogP contribution is -2.44. The number of aryl methyl sites for hydroxylation is 1. The van der Waals surface area contributed by atoms with Gasteiger partial charge in [-0.25, -0.2) is 19.6 Å². The highest BCUT2D eigenvalue weighted by atomic mass is 19.4. The Morgan fingerprint density at radius 2 is 1.78 bits per heavy atom. The van der Waals surface area contributed by atoms with E-state index in [4.69, 9.17) is 4.42 Å². The van der Waals surface area contributed by atoms with Crippen LogP contribution in [0.25, 0.3) is 23.0 Å². The van der Waals surface area contributed by atoms with Crippen LogP contribution < -0.4 is 9.64 Å². The number of hydrogen-bond acceptors (Lipinski definition) is 8. The SMILES string of the molecule is Cc1nc(-c2ncc(-c3ccc(OC(F)(F)F)cc3)o2)nn1Cc1ccnc(N2CCN(C)CC2)c1. The highest BCUT2D eigenvalue weighted by Gasteiger charge is 2.31. The molecule has 36 heavy (non-hydrogen) atoms. The highest BCUT2D eigenvalue weighted by molar-refractivity contribution is 5.59. The molecule has 12 heteroatoms. The Balaban J connectivity index is 1.29. The van der Waals surface area contributed by atoms with Crippen molar-refractivity contribution in [2.24, 2.45) is 0 Å². The third-order valence-corrected chi connectivity index (χ3v) is 5.90. The molecule has 1 aliphatic rings. The molecule has 1 fully saturated rings. The second-order valence-electron chi connectivity index (χ2n) is 8.55. The van der Waals surface area contributed by atoms with Gasteiger partial charge in [-0.3, -0.25) is 0 Å². The second-order valence-corrected chi connectivity index (χ2v) is 8.55. The first-order chi connectivity index (χ1) is 17.2. The minimum Gasteiger partial charge on any atom is -0.434 e. The zero-order valence-electron chi connectivity index (χ0n) is 19.7. The quantitative estimate of drug-likeness (QED) is 0.394. The average molecular weight is 499 g/mol. The fourth-order valence-electron chi connectivity index (χ4n) is 3.93. The summed E-state index contributed by atoms with van der Waals surface area (Å²) in [4.78, 5) is 17.8. The van der Waals surface area contributed by atoms with Crippen molar-refractivity contribution in [3.8, 4) is 28.8 Å². The number of benzene rings is 1. The van der Waals surface area contributed by atoms with Gasteiger partial charge in [0.05, 0.1) is 12.7 Å². The van der Waals surface area contributed by atoms with Crippen molar-refractivity contribution in [2.45, 2.75) is 19.8 Å². The number of ether oxygens (including phenoxy) is 1. The number of aromatic nitrogens is 5. The average Bonchev–Trinajstić information content (AvgIpc) is 3.47. The number of anilines is 1. The third kappa shape index (κ3) is 5.48. The van der Waals surface area contributed by atoms with Crippen LogP contribution in [-0.2, 0) is 6.54 Å². The lowest BCUT2D eigenvalue weighted by molar-refractivity contribution is -0.274.